The molecule has 0 saturated heterocycles. The van der Waals surface area contributed by atoms with Gasteiger partial charge < -0.3 is 15.2 Å². The lowest BCUT2D eigenvalue weighted by Crippen LogP contribution is -2.34. The summed E-state index contributed by atoms with van der Waals surface area (Å²) in [6.07, 6.45) is 1.40. The molecule has 3 rings (SSSR count). The van der Waals surface area contributed by atoms with E-state index in [1.54, 1.807) is 6.07 Å². The van der Waals surface area contributed by atoms with E-state index in [-0.39, 0.29) is 17.9 Å². The maximum absolute atomic E-state index is 12.2. The van der Waals surface area contributed by atoms with Gasteiger partial charge >= 0.3 is 11.9 Å². The molecule has 5 nitrogen and oxygen atoms in total. The molecule has 0 bridgehead atoms. The second-order valence-electron chi connectivity index (χ2n) is 7.80. The minimum Gasteiger partial charge on any atom is -0.477 e. The topological polar surface area (TPSA) is 75.6 Å². The highest BCUT2D eigenvalue weighted by Gasteiger charge is 2.20. The first kappa shape index (κ1) is 23.7. The molecular formula is C26H29NO4S. The zero-order valence-corrected chi connectivity index (χ0v) is 19.2. The van der Waals surface area contributed by atoms with E-state index in [0.29, 0.717) is 24.4 Å². The Labute approximate surface area is 193 Å². The van der Waals surface area contributed by atoms with Gasteiger partial charge in [-0.1, -0.05) is 61.5 Å². The molecule has 2 atom stereocenters. The minimum absolute atomic E-state index is 0.0485. The van der Waals surface area contributed by atoms with Crippen LogP contribution in [0.1, 0.15) is 40.4 Å². The molecule has 0 radical (unpaired) electrons. The zero-order chi connectivity index (χ0) is 22.9. The van der Waals surface area contributed by atoms with Gasteiger partial charge in [-0.3, -0.25) is 4.79 Å². The summed E-state index contributed by atoms with van der Waals surface area (Å²) in [5, 5.41) is 12.7. The van der Waals surface area contributed by atoms with E-state index >= 15 is 0 Å². The zero-order valence-electron chi connectivity index (χ0n) is 18.4. The number of esters is 1. The molecule has 0 amide bonds. The molecule has 6 heteroatoms. The third kappa shape index (κ3) is 6.77. The Morgan fingerprint density at radius 1 is 1.00 bits per heavy atom. The number of thiophene rings is 1. The van der Waals surface area contributed by atoms with Gasteiger partial charge in [-0.25, -0.2) is 4.79 Å². The molecule has 0 aliphatic heterocycles. The summed E-state index contributed by atoms with van der Waals surface area (Å²) in [5.74, 6) is -1.33. The van der Waals surface area contributed by atoms with Crippen molar-refractivity contribution in [1.29, 1.82) is 0 Å². The second kappa shape index (κ2) is 11.6. The summed E-state index contributed by atoms with van der Waals surface area (Å²) in [6.45, 7) is 4.62. The number of ether oxygens (including phenoxy) is 1. The van der Waals surface area contributed by atoms with E-state index in [1.807, 2.05) is 38.1 Å². The fourth-order valence-electron chi connectivity index (χ4n) is 3.63. The molecule has 0 saturated carbocycles. The van der Waals surface area contributed by atoms with Crippen LogP contribution in [0.4, 0.5) is 0 Å². The number of hydrogen-bond acceptors (Lipinski definition) is 5. The summed E-state index contributed by atoms with van der Waals surface area (Å²) in [6, 6.07) is 22.2. The van der Waals surface area contributed by atoms with E-state index in [2.05, 4.69) is 41.7 Å². The predicted molar refractivity (Wildman–Crippen MR) is 128 cm³/mol. The number of carbonyl (C=O) groups excluding carboxylic acids is 1. The van der Waals surface area contributed by atoms with Crippen molar-refractivity contribution in [3.63, 3.8) is 0 Å². The molecule has 1 heterocycles. The summed E-state index contributed by atoms with van der Waals surface area (Å²) < 4.78 is 5.18. The number of nitrogens with one attached hydrogen (secondary N) is 1. The van der Waals surface area contributed by atoms with Gasteiger partial charge in [-0.2, -0.15) is 0 Å². The van der Waals surface area contributed by atoms with Crippen molar-refractivity contribution in [2.45, 2.75) is 39.3 Å². The fraction of sp³-hybridized carbons (Fsp3) is 0.308. The van der Waals surface area contributed by atoms with Crippen LogP contribution in [0.25, 0.3) is 11.1 Å². The van der Waals surface area contributed by atoms with Gasteiger partial charge in [-0.05, 0) is 48.6 Å². The fourth-order valence-corrected chi connectivity index (χ4v) is 4.42. The highest BCUT2D eigenvalue weighted by molar-refractivity contribution is 7.13. The number of carbonyl (C=O) groups is 2. The summed E-state index contributed by atoms with van der Waals surface area (Å²) in [4.78, 5) is 24.6. The van der Waals surface area contributed by atoms with Crippen LogP contribution < -0.4 is 5.32 Å². The first-order valence-corrected chi connectivity index (χ1v) is 11.6. The Morgan fingerprint density at radius 3 is 2.31 bits per heavy atom. The number of hydrogen-bond donors (Lipinski definition) is 2. The Balaban J connectivity index is 1.69. The van der Waals surface area contributed by atoms with Crippen LogP contribution in [0, 0.1) is 5.92 Å². The molecule has 1 aromatic heterocycles. The average Bonchev–Trinajstić information content (AvgIpc) is 3.28. The van der Waals surface area contributed by atoms with Crippen molar-refractivity contribution in [3.05, 3.63) is 82.0 Å². The number of carboxylic acid groups (broad SMARTS) is 1. The van der Waals surface area contributed by atoms with Gasteiger partial charge in [0.2, 0.25) is 0 Å². The average molecular weight is 452 g/mol. The van der Waals surface area contributed by atoms with Crippen LogP contribution in [0.15, 0.2) is 66.7 Å². The quantitative estimate of drug-likeness (QED) is 0.382. The highest BCUT2D eigenvalue weighted by atomic mass is 32.1. The number of benzene rings is 2. The molecule has 0 aliphatic rings. The Morgan fingerprint density at radius 2 is 1.69 bits per heavy atom. The maximum atomic E-state index is 12.2. The van der Waals surface area contributed by atoms with E-state index < -0.39 is 5.97 Å². The lowest BCUT2D eigenvalue weighted by atomic mass is 9.95. The van der Waals surface area contributed by atoms with E-state index in [9.17, 15) is 9.59 Å². The molecule has 2 N–H and O–H groups in total. The van der Waals surface area contributed by atoms with Gasteiger partial charge in [-0.15, -0.1) is 11.3 Å². The van der Waals surface area contributed by atoms with Crippen LogP contribution >= 0.6 is 11.3 Å². The van der Waals surface area contributed by atoms with E-state index in [0.717, 1.165) is 11.3 Å². The standard InChI is InChI=1S/C26H29NO4S/c1-3-31-26(30)18(2)15-22(27-17-23-13-14-24(32-23)25(28)29)16-19-9-11-21(12-10-19)20-7-5-4-6-8-20/h4-14,18,22,27H,3,15-17H2,1-2H3,(H,28,29). The molecule has 168 valence electrons. The lowest BCUT2D eigenvalue weighted by molar-refractivity contribution is -0.147. The van der Waals surface area contributed by atoms with Gasteiger partial charge in [0.05, 0.1) is 12.5 Å². The van der Waals surface area contributed by atoms with Crippen molar-refractivity contribution in [3.8, 4) is 11.1 Å². The molecule has 2 unspecified atom stereocenters. The molecule has 32 heavy (non-hydrogen) atoms. The summed E-state index contributed by atoms with van der Waals surface area (Å²) >= 11 is 1.27. The number of rotatable bonds is 11. The minimum atomic E-state index is -0.910. The molecule has 0 spiro atoms. The maximum Gasteiger partial charge on any atom is 0.345 e. The predicted octanol–water partition coefficient (Wildman–Crippen LogP) is 5.40. The van der Waals surface area contributed by atoms with Crippen LogP contribution in [0.5, 0.6) is 0 Å². The Hall–Kier alpha value is -2.96. The van der Waals surface area contributed by atoms with Gasteiger partial charge in [0.15, 0.2) is 0 Å². The van der Waals surface area contributed by atoms with Gasteiger partial charge in [0, 0.05) is 17.5 Å². The van der Waals surface area contributed by atoms with Gasteiger partial charge in [0.1, 0.15) is 4.88 Å². The van der Waals surface area contributed by atoms with Crippen LogP contribution in [0.2, 0.25) is 0 Å². The Kier molecular flexibility index (Phi) is 8.59. The number of aromatic carboxylic acids is 1. The van der Waals surface area contributed by atoms with Crippen molar-refractivity contribution in [1.82, 2.24) is 5.32 Å². The third-order valence-corrected chi connectivity index (χ3v) is 6.38. The summed E-state index contributed by atoms with van der Waals surface area (Å²) in [7, 11) is 0. The first-order chi connectivity index (χ1) is 15.5. The normalized spacial score (nSPS) is 12.8. The first-order valence-electron chi connectivity index (χ1n) is 10.8. The largest absolute Gasteiger partial charge is 0.477 e. The smallest absolute Gasteiger partial charge is 0.345 e. The van der Waals surface area contributed by atoms with E-state index in [1.165, 1.54) is 28.0 Å². The van der Waals surface area contributed by atoms with Crippen LogP contribution in [-0.2, 0) is 22.5 Å². The molecule has 0 aliphatic carbocycles. The highest BCUT2D eigenvalue weighted by Crippen LogP contribution is 2.22. The molecular weight excluding hydrogens is 422 g/mol. The molecule has 2 aromatic carbocycles. The lowest BCUT2D eigenvalue weighted by Gasteiger charge is -2.22. The van der Waals surface area contributed by atoms with Crippen molar-refractivity contribution in [2.75, 3.05) is 6.61 Å². The number of carboxylic acids is 1. The van der Waals surface area contributed by atoms with Crippen molar-refractivity contribution < 1.29 is 19.4 Å². The van der Waals surface area contributed by atoms with Gasteiger partial charge in [0.25, 0.3) is 0 Å². The SMILES string of the molecule is CCOC(=O)C(C)CC(Cc1ccc(-c2ccccc2)cc1)NCc1ccc(C(=O)O)s1. The van der Waals surface area contributed by atoms with Crippen LogP contribution in [-0.4, -0.2) is 29.7 Å². The van der Waals surface area contributed by atoms with Crippen LogP contribution in [0.3, 0.4) is 0 Å². The summed E-state index contributed by atoms with van der Waals surface area (Å²) in [5.41, 5.74) is 3.52. The monoisotopic (exact) mass is 451 g/mol. The third-order valence-electron chi connectivity index (χ3n) is 5.31. The molecule has 3 aromatic rings. The van der Waals surface area contributed by atoms with Crippen molar-refractivity contribution >= 4 is 23.3 Å². The van der Waals surface area contributed by atoms with E-state index in [4.69, 9.17) is 9.84 Å². The Bertz CT molecular complexity index is 1010. The molecule has 0 fully saturated rings. The second-order valence-corrected chi connectivity index (χ2v) is 8.97. The van der Waals surface area contributed by atoms with Crippen molar-refractivity contribution in [2.24, 2.45) is 5.92 Å².